The largest absolute Gasteiger partial charge is 0.497 e. The van der Waals surface area contributed by atoms with Gasteiger partial charge in [0.1, 0.15) is 22.8 Å². The third-order valence-electron chi connectivity index (χ3n) is 7.34. The number of nitrogens with one attached hydrogen (secondary N) is 1. The fraction of sp³-hybridized carbons (Fsp3) is 0.400. The number of benzene rings is 3. The molecule has 2 N–H and O–H groups in total. The van der Waals surface area contributed by atoms with Gasteiger partial charge in [-0.3, -0.25) is 9.59 Å². The first-order valence-corrected chi connectivity index (χ1v) is 15.9. The molecule has 0 saturated heterocycles. The average molecular weight is 688 g/mol. The summed E-state index contributed by atoms with van der Waals surface area (Å²) in [4.78, 5) is 32.4. The lowest BCUT2D eigenvalue weighted by molar-refractivity contribution is -0.155. The summed E-state index contributed by atoms with van der Waals surface area (Å²) in [6, 6.07) is 17.2. The first kappa shape index (κ1) is 35.9. The highest BCUT2D eigenvalue weighted by atomic mass is 35.5. The zero-order valence-electron chi connectivity index (χ0n) is 27.1. The van der Waals surface area contributed by atoms with Crippen molar-refractivity contribution in [3.05, 3.63) is 87.4 Å². The number of aliphatic imine (C=N–C) groups is 1. The Morgan fingerprint density at radius 3 is 2.36 bits per heavy atom. The number of esters is 1. The Bertz CT molecular complexity index is 1590. The Kier molecular flexibility index (Phi) is 12.0. The molecule has 2 atom stereocenters. The van der Waals surface area contributed by atoms with Crippen LogP contribution in [0.15, 0.2) is 65.7 Å². The van der Waals surface area contributed by atoms with E-state index in [0.717, 1.165) is 0 Å². The van der Waals surface area contributed by atoms with Crippen molar-refractivity contribution in [2.24, 2.45) is 4.99 Å². The molecule has 0 radical (unpaired) electrons. The number of hydrogen-bond acceptors (Lipinski definition) is 9. The van der Waals surface area contributed by atoms with Crippen molar-refractivity contribution in [2.75, 3.05) is 27.4 Å². The van der Waals surface area contributed by atoms with E-state index >= 15 is 0 Å². The van der Waals surface area contributed by atoms with E-state index in [1.54, 1.807) is 88.5 Å². The molecule has 0 aromatic heterocycles. The summed E-state index contributed by atoms with van der Waals surface area (Å²) >= 11 is 12.9. The molecule has 0 saturated carbocycles. The van der Waals surface area contributed by atoms with Crippen molar-refractivity contribution < 1.29 is 38.4 Å². The Labute approximate surface area is 284 Å². The minimum atomic E-state index is -1.64. The normalized spacial score (nSPS) is 17.4. The van der Waals surface area contributed by atoms with Crippen LogP contribution in [0, 0.1) is 0 Å². The molecule has 3 aromatic rings. The molecule has 0 spiro atoms. The summed E-state index contributed by atoms with van der Waals surface area (Å²) < 4.78 is 28.6. The van der Waals surface area contributed by atoms with Crippen molar-refractivity contribution in [2.45, 2.75) is 63.8 Å². The topological polar surface area (TPSA) is 125 Å². The molecule has 1 heterocycles. The Balaban J connectivity index is 1.76. The van der Waals surface area contributed by atoms with Crippen LogP contribution in [0.1, 0.15) is 62.8 Å². The van der Waals surface area contributed by atoms with Gasteiger partial charge in [-0.1, -0.05) is 29.3 Å². The molecule has 252 valence electrons. The minimum Gasteiger partial charge on any atom is -0.497 e. The number of carbonyl (C=O) groups excluding carboxylic acids is 2. The SMILES string of the molecule is COc1ccc(CNC(=O)[C@]2(CCC(=O)OC(C)(C)C)N=C(c3ccc(OCCCO)cc3)O[C@@H]2c2ccc(Cl)cc2Cl)c(OC)c1. The van der Waals surface area contributed by atoms with Gasteiger partial charge in [-0.15, -0.1) is 0 Å². The van der Waals surface area contributed by atoms with Gasteiger partial charge in [-0.2, -0.15) is 0 Å². The molecule has 0 fully saturated rings. The number of halogens is 2. The highest BCUT2D eigenvalue weighted by Gasteiger charge is 2.54. The third kappa shape index (κ3) is 9.09. The lowest BCUT2D eigenvalue weighted by Crippen LogP contribution is -2.48. The maximum absolute atomic E-state index is 14.5. The zero-order valence-corrected chi connectivity index (χ0v) is 28.6. The van der Waals surface area contributed by atoms with E-state index in [2.05, 4.69) is 5.32 Å². The first-order valence-electron chi connectivity index (χ1n) is 15.2. The molecule has 1 aliphatic rings. The Hall–Kier alpha value is -3.99. The molecule has 47 heavy (non-hydrogen) atoms. The van der Waals surface area contributed by atoms with E-state index in [9.17, 15) is 9.59 Å². The van der Waals surface area contributed by atoms with Crippen molar-refractivity contribution in [3.63, 3.8) is 0 Å². The number of hydrogen-bond donors (Lipinski definition) is 2. The molecule has 0 bridgehead atoms. The van der Waals surface area contributed by atoms with Crippen LogP contribution in [0.3, 0.4) is 0 Å². The second kappa shape index (κ2) is 15.7. The van der Waals surface area contributed by atoms with E-state index in [1.807, 2.05) is 0 Å². The number of nitrogens with zero attached hydrogens (tertiary/aromatic N) is 1. The van der Waals surface area contributed by atoms with Crippen LogP contribution in [-0.4, -0.2) is 61.5 Å². The van der Waals surface area contributed by atoms with Gasteiger partial charge >= 0.3 is 5.97 Å². The van der Waals surface area contributed by atoms with E-state index < -0.39 is 29.1 Å². The van der Waals surface area contributed by atoms with Gasteiger partial charge in [-0.05, 0) is 75.7 Å². The number of rotatable bonds is 14. The summed E-state index contributed by atoms with van der Waals surface area (Å²) in [6.45, 7) is 5.80. The summed E-state index contributed by atoms with van der Waals surface area (Å²) in [7, 11) is 3.09. The number of aliphatic hydroxyl groups is 1. The van der Waals surface area contributed by atoms with Crippen LogP contribution >= 0.6 is 23.2 Å². The lowest BCUT2D eigenvalue weighted by Gasteiger charge is -2.31. The number of carbonyl (C=O) groups is 2. The molecular weight excluding hydrogens is 647 g/mol. The van der Waals surface area contributed by atoms with Gasteiger partial charge in [0, 0.05) is 58.8 Å². The van der Waals surface area contributed by atoms with Crippen LogP contribution in [0.5, 0.6) is 17.2 Å². The van der Waals surface area contributed by atoms with Crippen LogP contribution in [0.4, 0.5) is 0 Å². The summed E-state index contributed by atoms with van der Waals surface area (Å²) in [5.74, 6) is 0.929. The predicted octanol–water partition coefficient (Wildman–Crippen LogP) is 6.47. The van der Waals surface area contributed by atoms with Gasteiger partial charge in [-0.25, -0.2) is 4.99 Å². The summed E-state index contributed by atoms with van der Waals surface area (Å²) in [5, 5.41) is 12.7. The van der Waals surface area contributed by atoms with E-state index in [-0.39, 0.29) is 36.9 Å². The highest BCUT2D eigenvalue weighted by molar-refractivity contribution is 6.35. The van der Waals surface area contributed by atoms with Crippen molar-refractivity contribution in [1.29, 1.82) is 0 Å². The molecule has 12 heteroatoms. The van der Waals surface area contributed by atoms with Crippen molar-refractivity contribution in [1.82, 2.24) is 5.32 Å². The van der Waals surface area contributed by atoms with E-state index in [1.165, 1.54) is 7.11 Å². The number of methoxy groups -OCH3 is 2. The van der Waals surface area contributed by atoms with Crippen LogP contribution in [0.2, 0.25) is 10.0 Å². The molecule has 3 aromatic carbocycles. The fourth-order valence-corrected chi connectivity index (χ4v) is 5.58. The van der Waals surface area contributed by atoms with Gasteiger partial charge < -0.3 is 34.1 Å². The van der Waals surface area contributed by atoms with Crippen LogP contribution in [0.25, 0.3) is 0 Å². The minimum absolute atomic E-state index is 0.0239. The van der Waals surface area contributed by atoms with Gasteiger partial charge in [0.15, 0.2) is 11.6 Å². The van der Waals surface area contributed by atoms with E-state index in [4.69, 9.17) is 57.0 Å². The standard InChI is InChI=1S/C35H40Cl2N2O8/c1-34(2,3)47-30(41)15-16-35(33(42)38-21-23-9-13-26(43-4)20-29(23)44-5)31(27-14-10-24(36)19-28(27)37)46-32(39-35)22-7-11-25(12-8-22)45-18-6-17-40/h7-14,19-20,31,40H,6,15-18,21H2,1-5H3,(H,38,42)/t31-,35-/m1/s1. The molecule has 0 unspecified atom stereocenters. The third-order valence-corrected chi connectivity index (χ3v) is 7.90. The van der Waals surface area contributed by atoms with Gasteiger partial charge in [0.25, 0.3) is 5.91 Å². The molecule has 10 nitrogen and oxygen atoms in total. The van der Waals surface area contributed by atoms with Crippen molar-refractivity contribution >= 4 is 41.0 Å². The van der Waals surface area contributed by atoms with Crippen LogP contribution in [-0.2, 0) is 25.6 Å². The quantitative estimate of drug-likeness (QED) is 0.146. The lowest BCUT2D eigenvalue weighted by atomic mass is 9.83. The monoisotopic (exact) mass is 686 g/mol. The van der Waals surface area contributed by atoms with Crippen molar-refractivity contribution in [3.8, 4) is 17.2 Å². The second-order valence-corrected chi connectivity index (χ2v) is 12.7. The maximum atomic E-state index is 14.5. The zero-order chi connectivity index (χ0) is 34.2. The fourth-order valence-electron chi connectivity index (χ4n) is 5.07. The molecule has 0 aliphatic carbocycles. The molecule has 4 rings (SSSR count). The second-order valence-electron chi connectivity index (χ2n) is 11.9. The summed E-state index contributed by atoms with van der Waals surface area (Å²) in [6.07, 6.45) is -0.708. The Morgan fingerprint density at radius 2 is 1.72 bits per heavy atom. The van der Waals surface area contributed by atoms with Crippen LogP contribution < -0.4 is 19.5 Å². The Morgan fingerprint density at radius 1 is 1.00 bits per heavy atom. The average Bonchev–Trinajstić information content (AvgIpc) is 3.42. The number of aliphatic hydroxyl groups excluding tert-OH is 1. The smallest absolute Gasteiger partial charge is 0.306 e. The maximum Gasteiger partial charge on any atom is 0.306 e. The first-order chi connectivity index (χ1) is 22.4. The molecule has 1 amide bonds. The summed E-state index contributed by atoms with van der Waals surface area (Å²) in [5.41, 5.74) is -0.610. The predicted molar refractivity (Wildman–Crippen MR) is 180 cm³/mol. The molecular formula is C35H40Cl2N2O8. The van der Waals surface area contributed by atoms with Gasteiger partial charge in [0.2, 0.25) is 5.90 Å². The number of ether oxygens (including phenoxy) is 5. The highest BCUT2D eigenvalue weighted by Crippen LogP contribution is 2.46. The molecule has 1 aliphatic heterocycles. The van der Waals surface area contributed by atoms with E-state index in [0.29, 0.717) is 52.0 Å². The van der Waals surface area contributed by atoms with Gasteiger partial charge in [0.05, 0.1) is 20.8 Å². The number of amides is 1.